The lowest BCUT2D eigenvalue weighted by molar-refractivity contribution is 0.101. The Bertz CT molecular complexity index is 604. The van der Waals surface area contributed by atoms with Crippen LogP contribution in [0.3, 0.4) is 0 Å². The van der Waals surface area contributed by atoms with Crippen molar-refractivity contribution in [2.75, 3.05) is 19.5 Å². The van der Waals surface area contributed by atoms with Crippen molar-refractivity contribution < 1.29 is 18.7 Å². The van der Waals surface area contributed by atoms with Gasteiger partial charge in [-0.05, 0) is 22.0 Å². The summed E-state index contributed by atoms with van der Waals surface area (Å²) in [5.41, 5.74) is 0.993. The average Bonchev–Trinajstić information content (AvgIpc) is 2.87. The highest BCUT2D eigenvalue weighted by molar-refractivity contribution is 9.10. The lowest BCUT2D eigenvalue weighted by Gasteiger charge is -2.14. The van der Waals surface area contributed by atoms with Crippen LogP contribution in [0.4, 0.5) is 0 Å². The molecule has 2 rings (SSSR count). The molecule has 96 valence electrons. The van der Waals surface area contributed by atoms with E-state index in [1.165, 1.54) is 14.2 Å². The largest absolute Gasteiger partial charge is 0.495 e. The van der Waals surface area contributed by atoms with Gasteiger partial charge in [0.2, 0.25) is 0 Å². The Labute approximate surface area is 120 Å². The summed E-state index contributed by atoms with van der Waals surface area (Å²) in [6.45, 7) is 0. The molecule has 1 heterocycles. The Morgan fingerprint density at radius 2 is 2.00 bits per heavy atom. The fraction of sp³-hybridized carbons (Fsp3) is 0.250. The molecule has 0 atom stereocenters. The van der Waals surface area contributed by atoms with Crippen LogP contribution in [0.5, 0.6) is 11.5 Å². The monoisotopic (exact) mass is 376 g/mol. The minimum Gasteiger partial charge on any atom is -0.495 e. The Balaban J connectivity index is 2.91. The molecule has 4 nitrogen and oxygen atoms in total. The summed E-state index contributed by atoms with van der Waals surface area (Å²) in [7, 11) is 3.01. The number of methoxy groups -OCH3 is 2. The maximum absolute atomic E-state index is 12.0. The molecule has 18 heavy (non-hydrogen) atoms. The molecule has 1 aromatic heterocycles. The van der Waals surface area contributed by atoms with Crippen LogP contribution in [0.25, 0.3) is 11.0 Å². The van der Waals surface area contributed by atoms with Crippen molar-refractivity contribution in [3.05, 3.63) is 22.4 Å². The zero-order valence-corrected chi connectivity index (χ0v) is 12.9. The molecule has 0 spiro atoms. The molecular weight excluding hydrogens is 368 g/mol. The van der Waals surface area contributed by atoms with Crippen LogP contribution in [0, 0.1) is 0 Å². The Hall–Kier alpha value is -1.01. The molecule has 2 aromatic rings. The van der Waals surface area contributed by atoms with E-state index in [1.54, 1.807) is 12.3 Å². The van der Waals surface area contributed by atoms with Crippen molar-refractivity contribution >= 4 is 48.6 Å². The highest BCUT2D eigenvalue weighted by Gasteiger charge is 2.25. The van der Waals surface area contributed by atoms with E-state index >= 15 is 0 Å². The molecule has 0 aliphatic carbocycles. The van der Waals surface area contributed by atoms with Crippen molar-refractivity contribution in [1.82, 2.24) is 0 Å². The summed E-state index contributed by atoms with van der Waals surface area (Å²) in [4.78, 5) is 12.0. The molecule has 0 N–H and O–H groups in total. The van der Waals surface area contributed by atoms with Crippen molar-refractivity contribution in [1.29, 1.82) is 0 Å². The van der Waals surface area contributed by atoms with Gasteiger partial charge in [-0.1, -0.05) is 15.9 Å². The molecule has 0 amide bonds. The van der Waals surface area contributed by atoms with E-state index in [-0.39, 0.29) is 11.1 Å². The zero-order valence-electron chi connectivity index (χ0n) is 9.75. The van der Waals surface area contributed by atoms with E-state index < -0.39 is 0 Å². The average molecular weight is 378 g/mol. The van der Waals surface area contributed by atoms with Gasteiger partial charge in [0.15, 0.2) is 17.1 Å². The number of hydrogen-bond donors (Lipinski definition) is 0. The first-order valence-electron chi connectivity index (χ1n) is 5.05. The van der Waals surface area contributed by atoms with Crippen molar-refractivity contribution in [2.24, 2.45) is 0 Å². The van der Waals surface area contributed by atoms with Gasteiger partial charge in [-0.3, -0.25) is 4.79 Å². The molecular formula is C12H10Br2O4. The van der Waals surface area contributed by atoms with Crippen LogP contribution in [-0.2, 0) is 0 Å². The molecule has 0 aliphatic heterocycles. The normalized spacial score (nSPS) is 10.7. The summed E-state index contributed by atoms with van der Waals surface area (Å²) in [6, 6.07) is 1.75. The maximum atomic E-state index is 12.0. The molecule has 0 aliphatic rings. The van der Waals surface area contributed by atoms with Gasteiger partial charge in [0.1, 0.15) is 15.8 Å². The van der Waals surface area contributed by atoms with Crippen LogP contribution < -0.4 is 9.47 Å². The number of halogens is 2. The minimum absolute atomic E-state index is 0.118. The van der Waals surface area contributed by atoms with Crippen LogP contribution in [0.1, 0.15) is 10.4 Å². The fourth-order valence-corrected chi connectivity index (χ4v) is 2.78. The van der Waals surface area contributed by atoms with Gasteiger partial charge >= 0.3 is 0 Å². The predicted octanol–water partition coefficient (Wildman–Crippen LogP) is 3.79. The predicted molar refractivity (Wildman–Crippen MR) is 75.1 cm³/mol. The van der Waals surface area contributed by atoms with Crippen molar-refractivity contribution in [3.8, 4) is 11.5 Å². The van der Waals surface area contributed by atoms with Crippen LogP contribution >= 0.6 is 31.9 Å². The van der Waals surface area contributed by atoms with Crippen LogP contribution in [0.2, 0.25) is 0 Å². The number of Topliss-reactive ketones (excluding diaryl/α,β-unsaturated/α-hetero) is 1. The lowest BCUT2D eigenvalue weighted by atomic mass is 10.1. The van der Waals surface area contributed by atoms with E-state index in [1.807, 2.05) is 0 Å². The van der Waals surface area contributed by atoms with Gasteiger partial charge in [0, 0.05) is 0 Å². The second-order valence-electron chi connectivity index (χ2n) is 3.48. The molecule has 0 unspecified atom stereocenters. The van der Waals surface area contributed by atoms with Gasteiger partial charge in [0.05, 0.1) is 31.2 Å². The Morgan fingerprint density at radius 1 is 1.33 bits per heavy atom. The molecule has 0 bridgehead atoms. The SMILES string of the molecule is COc1c(C(=O)CBr)c(OC)c2ccoc2c1Br. The van der Waals surface area contributed by atoms with Crippen molar-refractivity contribution in [2.45, 2.75) is 0 Å². The van der Waals surface area contributed by atoms with E-state index in [0.717, 1.165) is 5.39 Å². The first-order chi connectivity index (χ1) is 8.65. The smallest absolute Gasteiger partial charge is 0.180 e. The third-order valence-electron chi connectivity index (χ3n) is 2.57. The zero-order chi connectivity index (χ0) is 13.3. The number of carbonyl (C=O) groups excluding carboxylic acids is 1. The summed E-state index contributed by atoms with van der Waals surface area (Å²) in [6.07, 6.45) is 1.54. The molecule has 0 fully saturated rings. The standard InChI is InChI=1S/C12H10Br2O4/c1-16-10-6-3-4-18-11(6)9(14)12(17-2)8(10)7(15)5-13/h3-4H,5H2,1-2H3. The summed E-state index contributed by atoms with van der Waals surface area (Å²) in [5.74, 6) is 0.759. The van der Waals surface area contributed by atoms with Gasteiger partial charge < -0.3 is 13.9 Å². The number of ether oxygens (including phenoxy) is 2. The molecule has 1 aromatic carbocycles. The molecule has 0 saturated heterocycles. The summed E-state index contributed by atoms with van der Waals surface area (Å²) >= 11 is 6.55. The number of hydrogen-bond acceptors (Lipinski definition) is 4. The fourth-order valence-electron chi connectivity index (χ4n) is 1.83. The van der Waals surface area contributed by atoms with Gasteiger partial charge in [-0.25, -0.2) is 0 Å². The number of furan rings is 1. The van der Waals surface area contributed by atoms with E-state index in [0.29, 0.717) is 27.1 Å². The van der Waals surface area contributed by atoms with Crippen molar-refractivity contribution in [3.63, 3.8) is 0 Å². The number of rotatable bonds is 4. The topological polar surface area (TPSA) is 48.7 Å². The van der Waals surface area contributed by atoms with E-state index in [9.17, 15) is 4.79 Å². The molecule has 6 heteroatoms. The summed E-state index contributed by atoms with van der Waals surface area (Å²) < 4.78 is 16.6. The number of alkyl halides is 1. The molecule has 0 saturated carbocycles. The highest BCUT2D eigenvalue weighted by Crippen LogP contribution is 2.44. The van der Waals surface area contributed by atoms with Gasteiger partial charge in [0.25, 0.3) is 0 Å². The second-order valence-corrected chi connectivity index (χ2v) is 4.83. The van der Waals surface area contributed by atoms with Gasteiger partial charge in [-0.2, -0.15) is 0 Å². The lowest BCUT2D eigenvalue weighted by Crippen LogP contribution is -2.07. The van der Waals surface area contributed by atoms with E-state index in [2.05, 4.69) is 31.9 Å². The summed E-state index contributed by atoms with van der Waals surface area (Å²) in [5, 5.41) is 0.921. The second kappa shape index (κ2) is 5.32. The van der Waals surface area contributed by atoms with E-state index in [4.69, 9.17) is 13.9 Å². The first-order valence-corrected chi connectivity index (χ1v) is 6.96. The Kier molecular flexibility index (Phi) is 3.97. The minimum atomic E-state index is -0.118. The van der Waals surface area contributed by atoms with Crippen LogP contribution in [-0.4, -0.2) is 25.3 Å². The number of ketones is 1. The number of fused-ring (bicyclic) bond motifs is 1. The maximum Gasteiger partial charge on any atom is 0.180 e. The quantitative estimate of drug-likeness (QED) is 0.600. The third kappa shape index (κ3) is 1.93. The number of benzene rings is 1. The highest BCUT2D eigenvalue weighted by atomic mass is 79.9. The third-order valence-corrected chi connectivity index (χ3v) is 3.80. The number of carbonyl (C=O) groups is 1. The van der Waals surface area contributed by atoms with Gasteiger partial charge in [-0.15, -0.1) is 0 Å². The first kappa shape index (κ1) is 13.4. The molecule has 0 radical (unpaired) electrons. The Morgan fingerprint density at radius 3 is 2.56 bits per heavy atom. The van der Waals surface area contributed by atoms with Crippen LogP contribution in [0.15, 0.2) is 21.2 Å².